The van der Waals surface area contributed by atoms with E-state index in [0.29, 0.717) is 12.2 Å². The summed E-state index contributed by atoms with van der Waals surface area (Å²) in [5.41, 5.74) is -0.469. The molecule has 0 aliphatic carbocycles. The molecular formula is C24H41NO3. The van der Waals surface area contributed by atoms with Gasteiger partial charge in [0.1, 0.15) is 11.4 Å². The number of unbranched alkanes of at least 4 members (excludes halogenated alkanes) is 6. The quantitative estimate of drug-likeness (QED) is 0.318. The Labute approximate surface area is 172 Å². The summed E-state index contributed by atoms with van der Waals surface area (Å²) in [7, 11) is 0. The minimum atomic E-state index is -0.469. The van der Waals surface area contributed by atoms with Gasteiger partial charge in [0.2, 0.25) is 0 Å². The number of carbonyl (C=O) groups is 2. The van der Waals surface area contributed by atoms with E-state index >= 15 is 0 Å². The third-order valence-corrected chi connectivity index (χ3v) is 6.12. The second kappa shape index (κ2) is 11.0. The van der Waals surface area contributed by atoms with Crippen LogP contribution in [0.5, 0.6) is 0 Å². The molecule has 0 aromatic rings. The lowest BCUT2D eigenvalue weighted by Crippen LogP contribution is -2.56. The van der Waals surface area contributed by atoms with Gasteiger partial charge in [-0.3, -0.25) is 4.79 Å². The van der Waals surface area contributed by atoms with Gasteiger partial charge in [-0.1, -0.05) is 31.8 Å². The maximum absolute atomic E-state index is 12.8. The minimum absolute atomic E-state index is 0.140. The summed E-state index contributed by atoms with van der Waals surface area (Å²) in [6, 6.07) is 0.363. The molecule has 0 N–H and O–H groups in total. The largest absolute Gasteiger partial charge is 0.444 e. The van der Waals surface area contributed by atoms with Crippen molar-refractivity contribution in [1.29, 1.82) is 0 Å². The van der Waals surface area contributed by atoms with Crippen LogP contribution < -0.4 is 0 Å². The number of nitrogens with zero attached hydrogens (tertiary/aromatic N) is 1. The van der Waals surface area contributed by atoms with E-state index in [1.54, 1.807) is 0 Å². The van der Waals surface area contributed by atoms with Gasteiger partial charge in [-0.05, 0) is 72.1 Å². The molecule has 2 rings (SSSR count). The van der Waals surface area contributed by atoms with Gasteiger partial charge in [0.25, 0.3) is 0 Å². The molecule has 1 amide bonds. The molecular weight excluding hydrogens is 350 g/mol. The lowest BCUT2D eigenvalue weighted by atomic mass is 9.76. The molecule has 0 radical (unpaired) electrons. The number of Topliss-reactive ketones (excluding diaryl/α,β-unsaturated/α-hetero) is 1. The number of fused-ring (bicyclic) bond motifs is 2. The maximum atomic E-state index is 12.8. The predicted octanol–water partition coefficient (Wildman–Crippen LogP) is 6.43. The van der Waals surface area contributed by atoms with Crippen molar-refractivity contribution in [1.82, 2.24) is 4.90 Å². The van der Waals surface area contributed by atoms with E-state index in [4.69, 9.17) is 4.74 Å². The third kappa shape index (κ3) is 7.25. The summed E-state index contributed by atoms with van der Waals surface area (Å²) in [5.74, 6) is 0.564. The number of piperidine rings is 2. The highest BCUT2D eigenvalue weighted by Crippen LogP contribution is 2.38. The van der Waals surface area contributed by atoms with Crippen LogP contribution in [0.15, 0.2) is 12.7 Å². The molecule has 4 nitrogen and oxygen atoms in total. The van der Waals surface area contributed by atoms with Gasteiger partial charge in [0.15, 0.2) is 0 Å². The number of ether oxygens (including phenoxy) is 1. The molecule has 2 saturated heterocycles. The Hall–Kier alpha value is -1.32. The second-order valence-corrected chi connectivity index (χ2v) is 9.71. The normalized spacial score (nSPS) is 24.7. The fourth-order valence-electron chi connectivity index (χ4n) is 4.76. The van der Waals surface area contributed by atoms with Gasteiger partial charge in [-0.15, -0.1) is 6.58 Å². The monoisotopic (exact) mass is 391 g/mol. The summed E-state index contributed by atoms with van der Waals surface area (Å²) in [4.78, 5) is 27.4. The van der Waals surface area contributed by atoms with Crippen molar-refractivity contribution in [3.8, 4) is 0 Å². The van der Waals surface area contributed by atoms with Crippen molar-refractivity contribution in [2.45, 2.75) is 122 Å². The van der Waals surface area contributed by atoms with E-state index in [2.05, 4.69) is 6.58 Å². The molecule has 2 aliphatic rings. The van der Waals surface area contributed by atoms with Gasteiger partial charge in [-0.2, -0.15) is 0 Å². The molecule has 2 atom stereocenters. The molecule has 4 heteroatoms. The zero-order chi connectivity index (χ0) is 20.6. The third-order valence-electron chi connectivity index (χ3n) is 6.12. The summed E-state index contributed by atoms with van der Waals surface area (Å²) in [5, 5.41) is 0. The summed E-state index contributed by atoms with van der Waals surface area (Å²) >= 11 is 0. The summed E-state index contributed by atoms with van der Waals surface area (Å²) in [6.45, 7) is 9.50. The zero-order valence-corrected chi connectivity index (χ0v) is 18.4. The van der Waals surface area contributed by atoms with Crippen molar-refractivity contribution in [3.63, 3.8) is 0 Å². The van der Waals surface area contributed by atoms with E-state index in [-0.39, 0.29) is 24.1 Å². The molecule has 160 valence electrons. The first-order chi connectivity index (χ1) is 13.3. The fourth-order valence-corrected chi connectivity index (χ4v) is 4.76. The van der Waals surface area contributed by atoms with Crippen LogP contribution in [0.4, 0.5) is 4.79 Å². The van der Waals surface area contributed by atoms with Crippen molar-refractivity contribution >= 4 is 11.9 Å². The van der Waals surface area contributed by atoms with Gasteiger partial charge in [0.05, 0.1) is 0 Å². The number of hydrogen-bond donors (Lipinski definition) is 0. The Morgan fingerprint density at radius 1 is 1.00 bits per heavy atom. The lowest BCUT2D eigenvalue weighted by molar-refractivity contribution is -0.127. The first-order valence-corrected chi connectivity index (χ1v) is 11.5. The molecule has 2 fully saturated rings. The average Bonchev–Trinajstić information content (AvgIpc) is 2.61. The van der Waals surface area contributed by atoms with Crippen LogP contribution in [-0.2, 0) is 9.53 Å². The first-order valence-electron chi connectivity index (χ1n) is 11.5. The average molecular weight is 392 g/mol. The Morgan fingerprint density at radius 2 is 1.57 bits per heavy atom. The highest BCUT2D eigenvalue weighted by Gasteiger charge is 2.44. The van der Waals surface area contributed by atoms with Crippen LogP contribution in [0.2, 0.25) is 0 Å². The molecule has 0 aromatic carbocycles. The fraction of sp³-hybridized carbons (Fsp3) is 0.833. The number of hydrogen-bond acceptors (Lipinski definition) is 3. The number of amides is 1. The van der Waals surface area contributed by atoms with E-state index < -0.39 is 5.60 Å². The van der Waals surface area contributed by atoms with Gasteiger partial charge < -0.3 is 9.64 Å². The Bertz CT molecular complexity index is 508. The van der Waals surface area contributed by atoms with Crippen molar-refractivity contribution in [2.24, 2.45) is 5.92 Å². The number of allylic oxidation sites excluding steroid dienone is 1. The molecule has 0 saturated carbocycles. The molecule has 2 heterocycles. The lowest BCUT2D eigenvalue weighted by Gasteiger charge is -2.48. The first kappa shape index (κ1) is 23.0. The second-order valence-electron chi connectivity index (χ2n) is 9.71. The molecule has 2 unspecified atom stereocenters. The van der Waals surface area contributed by atoms with E-state index in [1.165, 1.54) is 25.7 Å². The van der Waals surface area contributed by atoms with E-state index in [9.17, 15) is 9.59 Å². The van der Waals surface area contributed by atoms with Crippen LogP contribution >= 0.6 is 0 Å². The van der Waals surface area contributed by atoms with Gasteiger partial charge in [-0.25, -0.2) is 4.79 Å². The van der Waals surface area contributed by atoms with Crippen LogP contribution in [0.3, 0.4) is 0 Å². The minimum Gasteiger partial charge on any atom is -0.444 e. The van der Waals surface area contributed by atoms with Gasteiger partial charge >= 0.3 is 6.09 Å². The van der Waals surface area contributed by atoms with E-state index in [1.807, 2.05) is 31.7 Å². The Kier molecular flexibility index (Phi) is 9.04. The SMILES string of the molecule is C=CCCCCCCCCC(=O)C1CC2CCCC(C1)N2C(=O)OC(C)(C)C. The number of carbonyl (C=O) groups excluding carboxylic acids is 2. The topological polar surface area (TPSA) is 46.6 Å². The standard InChI is InChI=1S/C24H41NO3/c1-5-6-7-8-9-10-11-12-16-22(26)19-17-20-14-13-15-21(18-19)25(20)23(27)28-24(2,3)4/h5,19-21H,1,6-18H2,2-4H3. The van der Waals surface area contributed by atoms with Crippen LogP contribution in [-0.4, -0.2) is 34.5 Å². The molecule has 0 spiro atoms. The summed E-state index contributed by atoms with van der Waals surface area (Å²) in [6.07, 6.45) is 15.6. The number of ketones is 1. The number of rotatable bonds is 10. The Morgan fingerprint density at radius 3 is 2.14 bits per heavy atom. The van der Waals surface area contributed by atoms with Crippen LogP contribution in [0.1, 0.15) is 104 Å². The van der Waals surface area contributed by atoms with Crippen molar-refractivity contribution < 1.29 is 14.3 Å². The van der Waals surface area contributed by atoms with Crippen molar-refractivity contribution in [2.75, 3.05) is 0 Å². The Balaban J connectivity index is 1.74. The highest BCUT2D eigenvalue weighted by molar-refractivity contribution is 5.81. The smallest absolute Gasteiger partial charge is 0.410 e. The maximum Gasteiger partial charge on any atom is 0.410 e. The predicted molar refractivity (Wildman–Crippen MR) is 114 cm³/mol. The van der Waals surface area contributed by atoms with Crippen molar-refractivity contribution in [3.05, 3.63) is 12.7 Å². The molecule has 0 aromatic heterocycles. The van der Waals surface area contributed by atoms with E-state index in [0.717, 1.165) is 51.4 Å². The molecule has 28 heavy (non-hydrogen) atoms. The zero-order valence-electron chi connectivity index (χ0n) is 18.4. The molecule has 2 aliphatic heterocycles. The van der Waals surface area contributed by atoms with Gasteiger partial charge in [0, 0.05) is 24.4 Å². The van der Waals surface area contributed by atoms with Crippen LogP contribution in [0.25, 0.3) is 0 Å². The highest BCUT2D eigenvalue weighted by atomic mass is 16.6. The summed E-state index contributed by atoms with van der Waals surface area (Å²) < 4.78 is 5.63. The van der Waals surface area contributed by atoms with Crippen LogP contribution in [0, 0.1) is 5.92 Å². The molecule has 2 bridgehead atoms.